The van der Waals surface area contributed by atoms with Gasteiger partial charge in [-0.15, -0.1) is 0 Å². The fourth-order valence-electron chi connectivity index (χ4n) is 2.07. The van der Waals surface area contributed by atoms with Crippen LogP contribution < -0.4 is 21.7 Å². The van der Waals surface area contributed by atoms with Gasteiger partial charge in [0.25, 0.3) is 0 Å². The number of ether oxygens (including phenoxy) is 2. The zero-order valence-corrected chi connectivity index (χ0v) is 15.5. The Hall–Kier alpha value is -3.26. The van der Waals surface area contributed by atoms with E-state index >= 15 is 0 Å². The van der Waals surface area contributed by atoms with Crippen LogP contribution in [0.3, 0.4) is 0 Å². The zero-order chi connectivity index (χ0) is 18.9. The first-order valence-electron chi connectivity index (χ1n) is 7.48. The predicted octanol–water partition coefficient (Wildman–Crippen LogP) is 0.399. The first-order chi connectivity index (χ1) is 12.6. The van der Waals surface area contributed by atoms with Gasteiger partial charge in [-0.05, 0) is 24.3 Å². The van der Waals surface area contributed by atoms with E-state index in [0.29, 0.717) is 11.5 Å². The quantitative estimate of drug-likeness (QED) is 0.281. The minimum absolute atomic E-state index is 0. The van der Waals surface area contributed by atoms with Gasteiger partial charge in [0, 0.05) is 28.9 Å². The Kier molecular flexibility index (Phi) is 8.61. The van der Waals surface area contributed by atoms with Gasteiger partial charge in [-0.1, -0.05) is 12.2 Å². The molecule has 146 valence electrons. The second-order valence-corrected chi connectivity index (χ2v) is 4.90. The second kappa shape index (κ2) is 10.7. The normalized spacial score (nSPS) is 18.3. The number of carbonyl (C=O) groups excluding carboxylic acids is 3. The SMILES string of the molecule is COC1=CC=CC(=O)/C1=C\NNC(=O)NN/C=C1\C(=O)C=CC=C1OC.[Ni]. The van der Waals surface area contributed by atoms with Gasteiger partial charge in [0.15, 0.2) is 11.6 Å². The van der Waals surface area contributed by atoms with Crippen molar-refractivity contribution in [3.8, 4) is 0 Å². The molecule has 9 nitrogen and oxygen atoms in total. The largest absolute Gasteiger partial charge is 0.496 e. The average molecular weight is 417 g/mol. The Morgan fingerprint density at radius 3 is 1.63 bits per heavy atom. The van der Waals surface area contributed by atoms with E-state index in [1.165, 1.54) is 38.8 Å². The summed E-state index contributed by atoms with van der Waals surface area (Å²) in [5.41, 5.74) is 10.1. The standard InChI is InChI=1S/C17H18N4O5.Ni/c1-25-15-7-3-5-13(22)11(15)9-18-20-17(24)21-19-10-12-14(23)6-4-8-16(12)26-2;/h3-10,18-19H,1-2H3,(H2,20,21,24);/b11-9+,12-10+;. The molecule has 0 aromatic rings. The van der Waals surface area contributed by atoms with Gasteiger partial charge in [-0.3, -0.25) is 20.4 Å². The molecule has 0 fully saturated rings. The van der Waals surface area contributed by atoms with Crippen molar-refractivity contribution in [3.05, 3.63) is 71.5 Å². The zero-order valence-electron chi connectivity index (χ0n) is 14.5. The van der Waals surface area contributed by atoms with Crippen LogP contribution in [0.15, 0.2) is 71.5 Å². The van der Waals surface area contributed by atoms with E-state index in [1.54, 1.807) is 24.3 Å². The maximum absolute atomic E-state index is 11.8. The number of ketones is 2. The number of hydrogen-bond acceptors (Lipinski definition) is 7. The number of methoxy groups -OCH3 is 2. The van der Waals surface area contributed by atoms with Gasteiger partial charge >= 0.3 is 6.03 Å². The third-order valence-corrected chi connectivity index (χ3v) is 3.30. The van der Waals surface area contributed by atoms with Crippen LogP contribution in [-0.4, -0.2) is 31.8 Å². The fourth-order valence-corrected chi connectivity index (χ4v) is 2.07. The topological polar surface area (TPSA) is 118 Å². The van der Waals surface area contributed by atoms with Crippen molar-refractivity contribution < 1.29 is 40.3 Å². The van der Waals surface area contributed by atoms with Crippen molar-refractivity contribution in [3.63, 3.8) is 0 Å². The van der Waals surface area contributed by atoms with Gasteiger partial charge in [0.05, 0.1) is 25.4 Å². The van der Waals surface area contributed by atoms with Crippen molar-refractivity contribution >= 4 is 17.6 Å². The Bertz CT molecular complexity index is 729. The molecule has 0 heterocycles. The maximum Gasteiger partial charge on any atom is 0.351 e. The smallest absolute Gasteiger partial charge is 0.351 e. The molecule has 0 aromatic heterocycles. The molecule has 0 radical (unpaired) electrons. The molecule has 0 aromatic carbocycles. The second-order valence-electron chi connectivity index (χ2n) is 4.90. The number of allylic oxidation sites excluding steroid dienone is 8. The molecule has 0 unspecified atom stereocenters. The van der Waals surface area contributed by atoms with Crippen molar-refractivity contribution in [2.24, 2.45) is 0 Å². The van der Waals surface area contributed by atoms with Crippen molar-refractivity contribution in [1.82, 2.24) is 21.7 Å². The third kappa shape index (κ3) is 5.90. The molecule has 10 heteroatoms. The van der Waals surface area contributed by atoms with Gasteiger partial charge in [0.1, 0.15) is 11.5 Å². The van der Waals surface area contributed by atoms with Gasteiger partial charge in [0.2, 0.25) is 0 Å². The molecule has 2 aliphatic carbocycles. The summed E-state index contributed by atoms with van der Waals surface area (Å²) in [4.78, 5) is 35.2. The predicted molar refractivity (Wildman–Crippen MR) is 92.6 cm³/mol. The van der Waals surface area contributed by atoms with Gasteiger partial charge < -0.3 is 20.3 Å². The monoisotopic (exact) mass is 416 g/mol. The number of hydrogen-bond donors (Lipinski definition) is 4. The number of carbonyl (C=O) groups is 3. The minimum atomic E-state index is -0.651. The Labute approximate surface area is 165 Å². The fraction of sp³-hybridized carbons (Fsp3) is 0.118. The van der Waals surface area contributed by atoms with Crippen LogP contribution in [0, 0.1) is 0 Å². The van der Waals surface area contributed by atoms with E-state index < -0.39 is 6.03 Å². The average Bonchev–Trinajstić information content (AvgIpc) is 2.64. The van der Waals surface area contributed by atoms with E-state index in [9.17, 15) is 14.4 Å². The van der Waals surface area contributed by atoms with Crippen LogP contribution in [0.25, 0.3) is 0 Å². The summed E-state index contributed by atoms with van der Waals surface area (Å²) in [7, 11) is 2.88. The van der Waals surface area contributed by atoms with E-state index in [4.69, 9.17) is 9.47 Å². The van der Waals surface area contributed by atoms with Crippen LogP contribution >= 0.6 is 0 Å². The summed E-state index contributed by atoms with van der Waals surface area (Å²) < 4.78 is 10.1. The van der Waals surface area contributed by atoms with Crippen LogP contribution in [0.5, 0.6) is 0 Å². The maximum atomic E-state index is 11.8. The first-order valence-corrected chi connectivity index (χ1v) is 7.48. The minimum Gasteiger partial charge on any atom is -0.496 e. The molecular weight excluding hydrogens is 399 g/mol. The van der Waals surface area contributed by atoms with Crippen molar-refractivity contribution in [1.29, 1.82) is 0 Å². The third-order valence-electron chi connectivity index (χ3n) is 3.30. The Balaban J connectivity index is 0.00000364. The number of hydrazine groups is 2. The summed E-state index contributed by atoms with van der Waals surface area (Å²) >= 11 is 0. The van der Waals surface area contributed by atoms with Gasteiger partial charge in [-0.25, -0.2) is 4.79 Å². The Morgan fingerprint density at radius 1 is 0.852 bits per heavy atom. The summed E-state index contributed by atoms with van der Waals surface area (Å²) in [6, 6.07) is -0.651. The molecule has 2 rings (SSSR count). The van der Waals surface area contributed by atoms with Crippen LogP contribution in [0.1, 0.15) is 0 Å². The molecule has 0 atom stereocenters. The molecular formula is C17H18N4NiO5. The van der Waals surface area contributed by atoms with E-state index in [-0.39, 0.29) is 39.2 Å². The molecule has 0 spiro atoms. The number of urea groups is 1. The van der Waals surface area contributed by atoms with Crippen molar-refractivity contribution in [2.75, 3.05) is 14.2 Å². The molecule has 27 heavy (non-hydrogen) atoms. The summed E-state index contributed by atoms with van der Waals surface area (Å²) in [6.45, 7) is 0. The Morgan fingerprint density at radius 2 is 1.26 bits per heavy atom. The molecule has 0 bridgehead atoms. The summed E-state index contributed by atoms with van der Waals surface area (Å²) in [5, 5.41) is 0. The molecule has 2 amide bonds. The molecule has 0 saturated carbocycles. The van der Waals surface area contributed by atoms with E-state index in [0.717, 1.165) is 0 Å². The van der Waals surface area contributed by atoms with Crippen LogP contribution in [-0.2, 0) is 35.6 Å². The first kappa shape index (κ1) is 21.8. The summed E-state index contributed by atoms with van der Waals surface area (Å²) in [5.74, 6) is 0.227. The van der Waals surface area contributed by atoms with E-state index in [1.807, 2.05) is 0 Å². The van der Waals surface area contributed by atoms with Crippen molar-refractivity contribution in [2.45, 2.75) is 0 Å². The van der Waals surface area contributed by atoms with Crippen LogP contribution in [0.2, 0.25) is 0 Å². The molecule has 2 aliphatic rings. The number of rotatable bonds is 6. The van der Waals surface area contributed by atoms with Crippen LogP contribution in [0.4, 0.5) is 4.79 Å². The molecule has 0 aliphatic heterocycles. The van der Waals surface area contributed by atoms with E-state index in [2.05, 4.69) is 21.7 Å². The molecule has 0 saturated heterocycles. The number of nitrogens with one attached hydrogen (secondary N) is 4. The number of amides is 2. The van der Waals surface area contributed by atoms with Gasteiger partial charge in [-0.2, -0.15) is 0 Å². The summed E-state index contributed by atoms with van der Waals surface area (Å²) in [6.07, 6.45) is 11.8. The molecule has 4 N–H and O–H groups in total.